The van der Waals surface area contributed by atoms with Crippen molar-refractivity contribution in [2.75, 3.05) is 13.6 Å². The van der Waals surface area contributed by atoms with Crippen LogP contribution in [0.2, 0.25) is 0 Å². The van der Waals surface area contributed by atoms with Gasteiger partial charge in [0.05, 0.1) is 11.0 Å². The number of amides is 1. The van der Waals surface area contributed by atoms with E-state index in [1.54, 1.807) is 31.3 Å². The van der Waals surface area contributed by atoms with Crippen LogP contribution in [0, 0.1) is 0 Å². The molecule has 0 aliphatic rings. The second-order valence-corrected chi connectivity index (χ2v) is 7.60. The summed E-state index contributed by atoms with van der Waals surface area (Å²) >= 11 is 0. The zero-order valence-electron chi connectivity index (χ0n) is 17.7. The second kappa shape index (κ2) is 9.54. The summed E-state index contributed by atoms with van der Waals surface area (Å²) in [5, 5.41) is 3.01. The lowest BCUT2D eigenvalue weighted by Crippen LogP contribution is -2.46. The van der Waals surface area contributed by atoms with E-state index in [1.807, 2.05) is 32.2 Å². The maximum absolute atomic E-state index is 12.7. The minimum atomic E-state index is -0.694. The van der Waals surface area contributed by atoms with Gasteiger partial charge in [-0.3, -0.25) is 19.0 Å². The number of aromatic nitrogens is 2. The first-order chi connectivity index (χ1) is 14.4. The van der Waals surface area contributed by atoms with Crippen LogP contribution in [0.1, 0.15) is 18.9 Å². The topological polar surface area (TPSA) is 76.3 Å². The lowest BCUT2D eigenvalue weighted by molar-refractivity contribution is -0.122. The van der Waals surface area contributed by atoms with E-state index in [9.17, 15) is 14.4 Å². The van der Waals surface area contributed by atoms with Crippen LogP contribution in [0.5, 0.6) is 0 Å². The average Bonchev–Trinajstić information content (AvgIpc) is 2.75. The van der Waals surface area contributed by atoms with Crippen LogP contribution < -0.4 is 16.4 Å². The molecule has 0 saturated heterocycles. The Labute approximate surface area is 175 Å². The fourth-order valence-electron chi connectivity index (χ4n) is 3.64. The quantitative estimate of drug-likeness (QED) is 0.576. The molecular formula is C23H28N4O3. The molecule has 1 amide bonds. The molecular weight excluding hydrogens is 380 g/mol. The lowest BCUT2D eigenvalue weighted by atomic mass is 10.1. The van der Waals surface area contributed by atoms with E-state index in [0.29, 0.717) is 17.6 Å². The zero-order chi connectivity index (χ0) is 21.7. The van der Waals surface area contributed by atoms with Crippen molar-refractivity contribution in [2.24, 2.45) is 7.05 Å². The van der Waals surface area contributed by atoms with E-state index >= 15 is 0 Å². The van der Waals surface area contributed by atoms with Crippen molar-refractivity contribution < 1.29 is 4.79 Å². The summed E-state index contributed by atoms with van der Waals surface area (Å²) in [4.78, 5) is 39.7. The second-order valence-electron chi connectivity index (χ2n) is 7.60. The van der Waals surface area contributed by atoms with Crippen molar-refractivity contribution in [3.63, 3.8) is 0 Å². The van der Waals surface area contributed by atoms with Gasteiger partial charge >= 0.3 is 11.1 Å². The number of likely N-dealkylation sites (N-methyl/N-ethyl adjacent to an activating group) is 1. The molecule has 7 heteroatoms. The average molecular weight is 409 g/mol. The van der Waals surface area contributed by atoms with Crippen molar-refractivity contribution in [1.82, 2.24) is 19.4 Å². The van der Waals surface area contributed by atoms with Gasteiger partial charge in [0.15, 0.2) is 0 Å². The molecule has 0 radical (unpaired) electrons. The van der Waals surface area contributed by atoms with Gasteiger partial charge in [-0.05, 0) is 31.2 Å². The summed E-state index contributed by atoms with van der Waals surface area (Å²) < 4.78 is 2.58. The first kappa shape index (κ1) is 21.5. The van der Waals surface area contributed by atoms with Crippen molar-refractivity contribution in [3.8, 4) is 0 Å². The van der Waals surface area contributed by atoms with Gasteiger partial charge in [-0.1, -0.05) is 49.4 Å². The smallest absolute Gasteiger partial charge is 0.317 e. The maximum Gasteiger partial charge on any atom is 0.317 e. The molecule has 0 bridgehead atoms. The summed E-state index contributed by atoms with van der Waals surface area (Å²) in [6, 6.07) is 17.2. The van der Waals surface area contributed by atoms with Crippen LogP contribution in [0.4, 0.5) is 0 Å². The Balaban J connectivity index is 1.71. The molecule has 1 atom stereocenters. The van der Waals surface area contributed by atoms with Gasteiger partial charge in [-0.25, -0.2) is 0 Å². The van der Waals surface area contributed by atoms with Gasteiger partial charge in [-0.2, -0.15) is 0 Å². The Hall–Kier alpha value is -3.19. The van der Waals surface area contributed by atoms with Crippen LogP contribution in [-0.4, -0.2) is 39.6 Å². The highest BCUT2D eigenvalue weighted by atomic mass is 16.2. The molecule has 158 valence electrons. The summed E-state index contributed by atoms with van der Waals surface area (Å²) in [5.74, 6) is -0.282. The molecule has 0 saturated carbocycles. The first-order valence-corrected chi connectivity index (χ1v) is 10.1. The number of para-hydroxylation sites is 2. The molecule has 2 aromatic carbocycles. The van der Waals surface area contributed by atoms with Crippen LogP contribution in [0.25, 0.3) is 11.0 Å². The Morgan fingerprint density at radius 3 is 2.30 bits per heavy atom. The highest BCUT2D eigenvalue weighted by molar-refractivity contribution is 5.80. The van der Waals surface area contributed by atoms with E-state index in [1.165, 1.54) is 14.7 Å². The molecule has 0 aliphatic carbocycles. The fraction of sp³-hybridized carbons (Fsp3) is 0.348. The summed E-state index contributed by atoms with van der Waals surface area (Å²) in [6.45, 7) is 3.30. The standard InChI is InChI=1S/C23H28N4O3/c1-4-18(15-25(2)14-17-10-6-5-7-11-17)24-21(28)16-27-20-13-9-8-12-19(20)26(3)22(29)23(27)30/h5-13,18H,4,14-16H2,1-3H3,(H,24,28)/t18-/m1/s1. The van der Waals surface area contributed by atoms with Crippen molar-refractivity contribution in [1.29, 1.82) is 0 Å². The number of hydrogen-bond acceptors (Lipinski definition) is 4. The number of rotatable bonds is 8. The SMILES string of the molecule is CC[C@H](CN(C)Cc1ccccc1)NC(=O)Cn1c(=O)c(=O)n(C)c2ccccc21. The number of nitrogens with zero attached hydrogens (tertiary/aromatic N) is 3. The van der Waals surface area contributed by atoms with Crippen LogP contribution in [-0.2, 0) is 24.9 Å². The highest BCUT2D eigenvalue weighted by Crippen LogP contribution is 2.09. The molecule has 3 rings (SSSR count). The molecule has 30 heavy (non-hydrogen) atoms. The number of hydrogen-bond donors (Lipinski definition) is 1. The van der Waals surface area contributed by atoms with Crippen LogP contribution in [0.3, 0.4) is 0 Å². The van der Waals surface area contributed by atoms with Gasteiger partial charge in [0.2, 0.25) is 5.91 Å². The minimum Gasteiger partial charge on any atom is -0.351 e. The summed E-state index contributed by atoms with van der Waals surface area (Å²) in [6.07, 6.45) is 0.761. The van der Waals surface area contributed by atoms with Crippen molar-refractivity contribution in [3.05, 3.63) is 80.9 Å². The number of aryl methyl sites for hydroxylation is 1. The van der Waals surface area contributed by atoms with E-state index in [2.05, 4.69) is 22.3 Å². The molecule has 1 aromatic heterocycles. The summed E-state index contributed by atoms with van der Waals surface area (Å²) in [7, 11) is 3.58. The third-order valence-corrected chi connectivity index (χ3v) is 5.25. The number of carbonyl (C=O) groups excluding carboxylic acids is 1. The number of carbonyl (C=O) groups is 1. The van der Waals surface area contributed by atoms with Gasteiger partial charge in [0.1, 0.15) is 6.54 Å². The van der Waals surface area contributed by atoms with Gasteiger partial charge in [-0.15, -0.1) is 0 Å². The van der Waals surface area contributed by atoms with Crippen molar-refractivity contribution in [2.45, 2.75) is 32.5 Å². The monoisotopic (exact) mass is 408 g/mol. The molecule has 0 fully saturated rings. The molecule has 0 spiro atoms. The molecule has 7 nitrogen and oxygen atoms in total. The first-order valence-electron chi connectivity index (χ1n) is 10.1. The lowest BCUT2D eigenvalue weighted by Gasteiger charge is -2.24. The normalized spacial score (nSPS) is 12.3. The third kappa shape index (κ3) is 4.86. The zero-order valence-corrected chi connectivity index (χ0v) is 17.7. The van der Waals surface area contributed by atoms with E-state index in [4.69, 9.17) is 0 Å². The van der Waals surface area contributed by atoms with E-state index in [-0.39, 0.29) is 18.5 Å². The fourth-order valence-corrected chi connectivity index (χ4v) is 3.64. The van der Waals surface area contributed by atoms with Gasteiger partial charge in [0.25, 0.3) is 0 Å². The highest BCUT2D eigenvalue weighted by Gasteiger charge is 2.17. The third-order valence-electron chi connectivity index (χ3n) is 5.25. The predicted molar refractivity (Wildman–Crippen MR) is 118 cm³/mol. The van der Waals surface area contributed by atoms with Gasteiger partial charge < -0.3 is 14.8 Å². The van der Waals surface area contributed by atoms with Crippen LogP contribution >= 0.6 is 0 Å². The molecule has 3 aromatic rings. The Kier molecular flexibility index (Phi) is 6.84. The Morgan fingerprint density at radius 2 is 1.63 bits per heavy atom. The largest absolute Gasteiger partial charge is 0.351 e. The number of nitrogens with one attached hydrogen (secondary N) is 1. The van der Waals surface area contributed by atoms with Gasteiger partial charge in [0, 0.05) is 26.2 Å². The maximum atomic E-state index is 12.7. The predicted octanol–water partition coefficient (Wildman–Crippen LogP) is 1.73. The molecule has 0 aliphatic heterocycles. The summed E-state index contributed by atoms with van der Waals surface area (Å²) in [5.41, 5.74) is 1.05. The van der Waals surface area contributed by atoms with Crippen LogP contribution in [0.15, 0.2) is 64.2 Å². The minimum absolute atomic E-state index is 0.0558. The Bertz CT molecular complexity index is 1130. The number of benzene rings is 2. The van der Waals surface area contributed by atoms with Crippen molar-refractivity contribution >= 4 is 16.9 Å². The molecule has 0 unspecified atom stereocenters. The Morgan fingerprint density at radius 1 is 1.00 bits per heavy atom. The number of fused-ring (bicyclic) bond motifs is 1. The van der Waals surface area contributed by atoms with E-state index < -0.39 is 11.1 Å². The molecule has 1 N–H and O–H groups in total. The van der Waals surface area contributed by atoms with E-state index in [0.717, 1.165) is 13.0 Å². The molecule has 1 heterocycles.